The predicted molar refractivity (Wildman–Crippen MR) is 130 cm³/mol. The largest absolute Gasteiger partial charge is 0.492 e. The maximum atomic E-state index is 7.85. The molecule has 0 heterocycles. The third-order valence-corrected chi connectivity index (χ3v) is 9.82. The van der Waals surface area contributed by atoms with Crippen LogP contribution in [0.4, 0.5) is 0 Å². The molecule has 6 nitrogen and oxygen atoms in total. The lowest BCUT2D eigenvalue weighted by Crippen LogP contribution is -2.32. The van der Waals surface area contributed by atoms with Crippen molar-refractivity contribution in [2.45, 2.75) is 0 Å². The highest BCUT2D eigenvalue weighted by molar-refractivity contribution is 8.15. The first kappa shape index (κ1) is 23.8. The van der Waals surface area contributed by atoms with E-state index in [0.29, 0.717) is 50.4 Å². The highest BCUT2D eigenvalue weighted by atomic mass is 35.7. The zero-order valence-electron chi connectivity index (χ0n) is 19.0. The van der Waals surface area contributed by atoms with Gasteiger partial charge in [-0.1, -0.05) is 18.2 Å². The summed E-state index contributed by atoms with van der Waals surface area (Å²) in [7, 11) is 9.57. The fourth-order valence-electron chi connectivity index (χ4n) is 3.74. The molecule has 0 bridgehead atoms. The molecule has 0 aliphatic carbocycles. The Balaban J connectivity index is 2.62. The van der Waals surface area contributed by atoms with Crippen LogP contribution < -0.4 is 44.3 Å². The summed E-state index contributed by atoms with van der Waals surface area (Å²) in [6, 6.07) is 16.6. The van der Waals surface area contributed by atoms with Gasteiger partial charge in [0.2, 0.25) is 22.5 Å². The third-order valence-electron chi connectivity index (χ3n) is 5.13. The Morgan fingerprint density at radius 2 is 0.625 bits per heavy atom. The second kappa shape index (κ2) is 10.2. The third kappa shape index (κ3) is 3.89. The van der Waals surface area contributed by atoms with Crippen LogP contribution in [0, 0.1) is 0 Å². The van der Waals surface area contributed by atoms with E-state index in [2.05, 4.69) is 0 Å². The van der Waals surface area contributed by atoms with Crippen molar-refractivity contribution >= 4 is 33.8 Å². The van der Waals surface area contributed by atoms with Crippen LogP contribution in [-0.2, 0) is 0 Å². The van der Waals surface area contributed by atoms with Crippen molar-refractivity contribution in [2.75, 3.05) is 42.7 Å². The van der Waals surface area contributed by atoms with E-state index in [-0.39, 0.29) is 0 Å². The normalized spacial score (nSPS) is 11.0. The van der Waals surface area contributed by atoms with Gasteiger partial charge in [-0.15, -0.1) is 0 Å². The second-order valence-corrected chi connectivity index (χ2v) is 10.7. The molecule has 3 rings (SSSR count). The van der Waals surface area contributed by atoms with Crippen molar-refractivity contribution in [3.05, 3.63) is 54.6 Å². The van der Waals surface area contributed by atoms with Crippen LogP contribution in [0.15, 0.2) is 54.6 Å². The summed E-state index contributed by atoms with van der Waals surface area (Å²) >= 11 is 7.85. The Bertz CT molecular complexity index is 887. The van der Waals surface area contributed by atoms with Gasteiger partial charge < -0.3 is 28.4 Å². The average molecular weight is 478 g/mol. The summed E-state index contributed by atoms with van der Waals surface area (Å²) in [6.45, 7) is -3.13. The number of halogens is 1. The van der Waals surface area contributed by atoms with Gasteiger partial charge in [0, 0.05) is 0 Å². The van der Waals surface area contributed by atoms with Crippen molar-refractivity contribution in [1.82, 2.24) is 0 Å². The van der Waals surface area contributed by atoms with Gasteiger partial charge >= 0.3 is 0 Å². The molecule has 0 unspecified atom stereocenters. The molecule has 0 amide bonds. The molecule has 0 N–H and O–H groups in total. The van der Waals surface area contributed by atoms with Crippen molar-refractivity contribution in [3.8, 4) is 34.5 Å². The number of rotatable bonds is 9. The average Bonchev–Trinajstić information content (AvgIpc) is 2.86. The number of ether oxygens (including phenoxy) is 6. The summed E-state index contributed by atoms with van der Waals surface area (Å²) in [4.78, 5) is 0. The lowest BCUT2D eigenvalue weighted by molar-refractivity contribution is 0.398. The summed E-state index contributed by atoms with van der Waals surface area (Å²) in [5.41, 5.74) is 0. The van der Waals surface area contributed by atoms with Gasteiger partial charge in [0.15, 0.2) is 34.5 Å². The van der Waals surface area contributed by atoms with Crippen LogP contribution in [0.5, 0.6) is 34.5 Å². The molecule has 0 spiro atoms. The van der Waals surface area contributed by atoms with Gasteiger partial charge in [-0.25, -0.2) is 0 Å². The minimum atomic E-state index is -3.13. The predicted octanol–water partition coefficient (Wildman–Crippen LogP) is 4.19. The smallest absolute Gasteiger partial charge is 0.233 e. The Morgan fingerprint density at radius 3 is 0.781 bits per heavy atom. The standard InChI is InChI=1S/C24H27ClO6P/c1-26-16-10-7-11-17(27-2)22(16)32(25,23-18(28-3)12-8-13-19(23)29-4)24-20(30-5)14-9-15-21(24)31-6/h7-15H,1-6H3/q+1. The van der Waals surface area contributed by atoms with Crippen molar-refractivity contribution in [3.63, 3.8) is 0 Å². The number of hydrogen-bond donors (Lipinski definition) is 0. The Morgan fingerprint density at radius 1 is 0.438 bits per heavy atom. The van der Waals surface area contributed by atoms with Gasteiger partial charge in [-0.05, 0) is 36.4 Å². The molecule has 0 aliphatic rings. The fourth-order valence-corrected chi connectivity index (χ4v) is 8.73. The van der Waals surface area contributed by atoms with E-state index in [1.54, 1.807) is 42.7 Å². The topological polar surface area (TPSA) is 55.4 Å². The summed E-state index contributed by atoms with van der Waals surface area (Å²) in [5, 5.41) is 1.99. The SMILES string of the molecule is COc1cccc(OC)c1[P+](Cl)(c1c(OC)cccc1OC)c1c(OC)cccc1OC. The van der Waals surface area contributed by atoms with E-state index in [0.717, 1.165) is 0 Å². The molecule has 0 fully saturated rings. The molecule has 8 heteroatoms. The van der Waals surface area contributed by atoms with Crippen molar-refractivity contribution < 1.29 is 28.4 Å². The molecule has 3 aromatic rings. The van der Waals surface area contributed by atoms with E-state index in [1.807, 2.05) is 54.6 Å². The molecule has 0 atom stereocenters. The minimum Gasteiger partial charge on any atom is -0.492 e. The summed E-state index contributed by atoms with van der Waals surface area (Å²) in [5.74, 6) is 3.38. The molecular formula is C24H27ClO6P+. The lowest BCUT2D eigenvalue weighted by atomic mass is 10.3. The van der Waals surface area contributed by atoms with E-state index >= 15 is 0 Å². The van der Waals surface area contributed by atoms with E-state index in [9.17, 15) is 0 Å². The molecule has 0 saturated heterocycles. The van der Waals surface area contributed by atoms with Crippen molar-refractivity contribution in [2.24, 2.45) is 0 Å². The summed E-state index contributed by atoms with van der Waals surface area (Å²) in [6.07, 6.45) is 0. The van der Waals surface area contributed by atoms with Crippen LogP contribution in [-0.4, -0.2) is 42.7 Å². The molecule has 0 radical (unpaired) electrons. The molecule has 170 valence electrons. The highest BCUT2D eigenvalue weighted by Gasteiger charge is 2.57. The Labute approximate surface area is 194 Å². The van der Waals surface area contributed by atoms with Crippen LogP contribution in [0.2, 0.25) is 0 Å². The quantitative estimate of drug-likeness (QED) is 0.431. The molecule has 3 aromatic carbocycles. The van der Waals surface area contributed by atoms with E-state index in [1.165, 1.54) is 0 Å². The first-order chi connectivity index (χ1) is 15.5. The number of methoxy groups -OCH3 is 6. The minimum absolute atomic E-state index is 0.564. The van der Waals surface area contributed by atoms with Gasteiger partial charge in [0.25, 0.3) is 0 Å². The Kier molecular flexibility index (Phi) is 7.60. The molecule has 0 aliphatic heterocycles. The molecule has 0 saturated carbocycles. The van der Waals surface area contributed by atoms with E-state index < -0.39 is 6.62 Å². The van der Waals surface area contributed by atoms with Gasteiger partial charge in [0.05, 0.1) is 42.7 Å². The van der Waals surface area contributed by atoms with Crippen molar-refractivity contribution in [1.29, 1.82) is 0 Å². The molecule has 32 heavy (non-hydrogen) atoms. The van der Waals surface area contributed by atoms with Gasteiger partial charge in [-0.2, -0.15) is 0 Å². The van der Waals surface area contributed by atoms with Crippen LogP contribution in [0.25, 0.3) is 0 Å². The second-order valence-electron chi connectivity index (χ2n) is 6.62. The number of benzene rings is 3. The maximum Gasteiger partial charge on any atom is 0.233 e. The van der Waals surface area contributed by atoms with Crippen LogP contribution >= 0.6 is 17.9 Å². The fraction of sp³-hybridized carbons (Fsp3) is 0.250. The Hall–Kier alpha value is -2.82. The zero-order valence-corrected chi connectivity index (χ0v) is 20.6. The monoisotopic (exact) mass is 477 g/mol. The lowest BCUT2D eigenvalue weighted by Gasteiger charge is -2.27. The van der Waals surface area contributed by atoms with E-state index in [4.69, 9.17) is 39.7 Å². The molecular weight excluding hydrogens is 451 g/mol. The first-order valence-electron chi connectivity index (χ1n) is 9.75. The first-order valence-corrected chi connectivity index (χ1v) is 12.4. The molecule has 0 aromatic heterocycles. The van der Waals surface area contributed by atoms with Crippen LogP contribution in [0.1, 0.15) is 0 Å². The maximum absolute atomic E-state index is 7.85. The van der Waals surface area contributed by atoms with Gasteiger partial charge in [0.1, 0.15) is 11.2 Å². The number of hydrogen-bond acceptors (Lipinski definition) is 6. The van der Waals surface area contributed by atoms with Gasteiger partial charge in [-0.3, -0.25) is 0 Å². The zero-order chi connectivity index (χ0) is 23.3. The highest BCUT2D eigenvalue weighted by Crippen LogP contribution is 2.69. The van der Waals surface area contributed by atoms with Crippen LogP contribution in [0.3, 0.4) is 0 Å². The summed E-state index contributed by atoms with van der Waals surface area (Å²) < 4.78 is 34.6.